The Balaban J connectivity index is 4.97. The largest absolute Gasteiger partial charge is 0.481 e. The van der Waals surface area contributed by atoms with Crippen molar-refractivity contribution in [1.29, 1.82) is 0 Å². The molecule has 0 aliphatic rings. The van der Waals surface area contributed by atoms with Crippen molar-refractivity contribution in [1.82, 2.24) is 16.0 Å². The first-order valence-electron chi connectivity index (χ1n) is 6.46. The van der Waals surface area contributed by atoms with E-state index in [0.717, 1.165) is 6.92 Å². The van der Waals surface area contributed by atoms with Crippen molar-refractivity contribution in [3.05, 3.63) is 0 Å². The monoisotopic (exact) mass is 317 g/mol. The van der Waals surface area contributed by atoms with Crippen molar-refractivity contribution in [2.75, 3.05) is 6.54 Å². The molecule has 2 atom stereocenters. The normalized spacial score (nSPS) is 12.8. The van der Waals surface area contributed by atoms with E-state index in [1.807, 2.05) is 5.32 Å². The molecule has 124 valence electrons. The SMILES string of the molecule is CCN[C@@H](CC(=O)O)C(=O)N[C@@H](CC(=O)O)C(=O)NC(C)=O. The summed E-state index contributed by atoms with van der Waals surface area (Å²) < 4.78 is 0. The van der Waals surface area contributed by atoms with Crippen LogP contribution < -0.4 is 16.0 Å². The molecule has 3 amide bonds. The van der Waals surface area contributed by atoms with Crippen LogP contribution in [0.2, 0.25) is 0 Å². The lowest BCUT2D eigenvalue weighted by Crippen LogP contribution is -2.54. The molecular formula is C12H19N3O7. The van der Waals surface area contributed by atoms with Gasteiger partial charge in [0.05, 0.1) is 18.9 Å². The van der Waals surface area contributed by atoms with Crippen LogP contribution in [0.15, 0.2) is 0 Å². The van der Waals surface area contributed by atoms with Crippen molar-refractivity contribution in [3.63, 3.8) is 0 Å². The highest BCUT2D eigenvalue weighted by Crippen LogP contribution is 1.98. The molecule has 0 unspecified atom stereocenters. The Labute approximate surface area is 126 Å². The van der Waals surface area contributed by atoms with E-state index in [-0.39, 0.29) is 0 Å². The summed E-state index contributed by atoms with van der Waals surface area (Å²) in [6, 6.07) is -2.60. The van der Waals surface area contributed by atoms with Crippen LogP contribution in [0.4, 0.5) is 0 Å². The number of carboxylic acids is 2. The second-order valence-corrected chi connectivity index (χ2v) is 4.41. The number of imide groups is 1. The van der Waals surface area contributed by atoms with E-state index < -0.39 is 54.6 Å². The lowest BCUT2D eigenvalue weighted by molar-refractivity contribution is -0.143. The fourth-order valence-electron chi connectivity index (χ4n) is 1.60. The number of rotatable bonds is 9. The Morgan fingerprint density at radius 2 is 1.41 bits per heavy atom. The van der Waals surface area contributed by atoms with Crippen LogP contribution in [0, 0.1) is 0 Å². The molecule has 0 aromatic heterocycles. The van der Waals surface area contributed by atoms with Gasteiger partial charge in [-0.2, -0.15) is 0 Å². The third-order valence-corrected chi connectivity index (χ3v) is 2.46. The molecule has 0 saturated heterocycles. The third kappa shape index (κ3) is 7.94. The first-order valence-corrected chi connectivity index (χ1v) is 6.46. The summed E-state index contributed by atoms with van der Waals surface area (Å²) in [6.07, 6.45) is -1.27. The molecule has 0 fully saturated rings. The van der Waals surface area contributed by atoms with Crippen molar-refractivity contribution < 1.29 is 34.2 Å². The van der Waals surface area contributed by atoms with E-state index >= 15 is 0 Å². The molecule has 10 heteroatoms. The van der Waals surface area contributed by atoms with Crippen LogP contribution in [0.1, 0.15) is 26.7 Å². The topological polar surface area (TPSA) is 162 Å². The van der Waals surface area contributed by atoms with Crippen molar-refractivity contribution in [2.45, 2.75) is 38.8 Å². The van der Waals surface area contributed by atoms with Crippen molar-refractivity contribution in [3.8, 4) is 0 Å². The number of nitrogens with one attached hydrogen (secondary N) is 3. The molecule has 5 N–H and O–H groups in total. The number of likely N-dealkylation sites (N-methyl/N-ethyl adjacent to an activating group) is 1. The molecule has 0 heterocycles. The van der Waals surface area contributed by atoms with Gasteiger partial charge in [-0.25, -0.2) is 0 Å². The van der Waals surface area contributed by atoms with Gasteiger partial charge in [-0.1, -0.05) is 6.92 Å². The Hall–Kier alpha value is -2.49. The Kier molecular flexibility index (Phi) is 8.38. The van der Waals surface area contributed by atoms with Gasteiger partial charge >= 0.3 is 11.9 Å². The van der Waals surface area contributed by atoms with Gasteiger partial charge in [0.1, 0.15) is 6.04 Å². The summed E-state index contributed by atoms with van der Waals surface area (Å²) in [5.74, 6) is -5.11. The molecular weight excluding hydrogens is 298 g/mol. The van der Waals surface area contributed by atoms with Gasteiger partial charge in [-0.3, -0.25) is 29.3 Å². The fraction of sp³-hybridized carbons (Fsp3) is 0.583. The van der Waals surface area contributed by atoms with E-state index in [1.165, 1.54) is 0 Å². The smallest absolute Gasteiger partial charge is 0.305 e. The van der Waals surface area contributed by atoms with Crippen LogP contribution in [0.3, 0.4) is 0 Å². The minimum absolute atomic E-state index is 0.300. The maximum atomic E-state index is 12.0. The number of hydrogen-bond acceptors (Lipinski definition) is 6. The number of carbonyl (C=O) groups is 5. The predicted molar refractivity (Wildman–Crippen MR) is 72.7 cm³/mol. The van der Waals surface area contributed by atoms with Crippen molar-refractivity contribution >= 4 is 29.7 Å². The zero-order chi connectivity index (χ0) is 17.3. The average Bonchev–Trinajstić information content (AvgIpc) is 2.35. The molecule has 0 aromatic rings. The van der Waals surface area contributed by atoms with Crippen LogP contribution in [-0.4, -0.2) is 58.5 Å². The maximum Gasteiger partial charge on any atom is 0.305 e. The summed E-state index contributed by atoms with van der Waals surface area (Å²) in [5.41, 5.74) is 0. The minimum Gasteiger partial charge on any atom is -0.481 e. The highest BCUT2D eigenvalue weighted by atomic mass is 16.4. The van der Waals surface area contributed by atoms with Gasteiger partial charge in [0.15, 0.2) is 0 Å². The molecule has 0 aliphatic carbocycles. The standard InChI is InChI=1S/C12H19N3O7/c1-3-13-7(4-9(17)18)11(21)15-8(5-10(19)20)12(22)14-6(2)16/h7-8,13H,3-5H2,1-2H3,(H,15,21)(H,17,18)(H,19,20)(H,14,16,22)/t7-,8-/m0/s1. The first-order chi connectivity index (χ1) is 10.2. The molecule has 0 bridgehead atoms. The number of hydrogen-bond donors (Lipinski definition) is 5. The number of carbonyl (C=O) groups excluding carboxylic acids is 3. The maximum absolute atomic E-state index is 12.0. The minimum atomic E-state index is -1.48. The molecule has 0 aliphatic heterocycles. The van der Waals surface area contributed by atoms with Crippen molar-refractivity contribution in [2.24, 2.45) is 0 Å². The van der Waals surface area contributed by atoms with Gasteiger partial charge in [-0.15, -0.1) is 0 Å². The van der Waals surface area contributed by atoms with Crippen LogP contribution >= 0.6 is 0 Å². The summed E-state index contributed by atoms with van der Waals surface area (Å²) in [6.45, 7) is 3.01. The molecule has 22 heavy (non-hydrogen) atoms. The lowest BCUT2D eigenvalue weighted by atomic mass is 10.1. The second-order valence-electron chi connectivity index (χ2n) is 4.41. The third-order valence-electron chi connectivity index (χ3n) is 2.46. The molecule has 0 rings (SSSR count). The zero-order valence-corrected chi connectivity index (χ0v) is 12.2. The van der Waals surface area contributed by atoms with Crippen LogP contribution in [-0.2, 0) is 24.0 Å². The van der Waals surface area contributed by atoms with Crippen LogP contribution in [0.5, 0.6) is 0 Å². The molecule has 0 aromatic carbocycles. The van der Waals surface area contributed by atoms with E-state index in [0.29, 0.717) is 6.54 Å². The quantitative estimate of drug-likeness (QED) is 0.328. The van der Waals surface area contributed by atoms with E-state index in [1.54, 1.807) is 6.92 Å². The van der Waals surface area contributed by atoms with E-state index in [4.69, 9.17) is 10.2 Å². The summed E-state index contributed by atoms with van der Waals surface area (Å²) >= 11 is 0. The molecule has 0 spiro atoms. The lowest BCUT2D eigenvalue weighted by Gasteiger charge is -2.20. The average molecular weight is 317 g/mol. The highest BCUT2D eigenvalue weighted by molar-refractivity contribution is 6.00. The summed E-state index contributed by atoms with van der Waals surface area (Å²) in [7, 11) is 0. The fourth-order valence-corrected chi connectivity index (χ4v) is 1.60. The van der Waals surface area contributed by atoms with Gasteiger partial charge in [0.25, 0.3) is 0 Å². The second kappa shape index (κ2) is 9.45. The summed E-state index contributed by atoms with van der Waals surface area (Å²) in [5, 5.41) is 24.1. The number of aliphatic carboxylic acids is 2. The van der Waals surface area contributed by atoms with Gasteiger partial charge < -0.3 is 20.8 Å². The Bertz CT molecular complexity index is 464. The first kappa shape index (κ1) is 19.5. The highest BCUT2D eigenvalue weighted by Gasteiger charge is 2.28. The van der Waals surface area contributed by atoms with Gasteiger partial charge in [0.2, 0.25) is 17.7 Å². The van der Waals surface area contributed by atoms with Crippen LogP contribution in [0.25, 0.3) is 0 Å². The number of amides is 3. The molecule has 0 saturated carbocycles. The van der Waals surface area contributed by atoms with Gasteiger partial charge in [-0.05, 0) is 6.54 Å². The zero-order valence-electron chi connectivity index (χ0n) is 12.2. The van der Waals surface area contributed by atoms with Gasteiger partial charge in [0, 0.05) is 6.92 Å². The molecule has 10 nitrogen and oxygen atoms in total. The summed E-state index contributed by atoms with van der Waals surface area (Å²) in [4.78, 5) is 55.9. The van der Waals surface area contributed by atoms with E-state index in [9.17, 15) is 24.0 Å². The molecule has 0 radical (unpaired) electrons. The number of carboxylic acid groups (broad SMARTS) is 2. The Morgan fingerprint density at radius 3 is 1.82 bits per heavy atom. The van der Waals surface area contributed by atoms with E-state index in [2.05, 4.69) is 10.6 Å². The predicted octanol–water partition coefficient (Wildman–Crippen LogP) is -1.94. The Morgan fingerprint density at radius 1 is 0.909 bits per heavy atom.